The number of aryl methyl sites for hydroxylation is 1. The third-order valence-corrected chi connectivity index (χ3v) is 2.27. The third kappa shape index (κ3) is 2.45. The van der Waals surface area contributed by atoms with Crippen molar-refractivity contribution in [3.8, 4) is 17.5 Å². The van der Waals surface area contributed by atoms with Crippen molar-refractivity contribution in [3.05, 3.63) is 36.9 Å². The van der Waals surface area contributed by atoms with Gasteiger partial charge in [-0.1, -0.05) is 6.07 Å². The summed E-state index contributed by atoms with van der Waals surface area (Å²) in [5.41, 5.74) is 1.75. The van der Waals surface area contributed by atoms with Crippen LogP contribution in [0.5, 0.6) is 0 Å². The lowest BCUT2D eigenvalue weighted by molar-refractivity contribution is 0.653. The van der Waals surface area contributed by atoms with E-state index in [9.17, 15) is 0 Å². The second-order valence-electron chi connectivity index (χ2n) is 3.47. The van der Waals surface area contributed by atoms with Gasteiger partial charge < -0.3 is 4.57 Å². The minimum absolute atomic E-state index is 0.580. The van der Waals surface area contributed by atoms with E-state index in [-0.39, 0.29) is 0 Å². The van der Waals surface area contributed by atoms with Crippen molar-refractivity contribution in [2.75, 3.05) is 0 Å². The smallest absolute Gasteiger partial charge is 0.107 e. The summed E-state index contributed by atoms with van der Waals surface area (Å²) >= 11 is 0. The molecule has 0 N–H and O–H groups in total. The van der Waals surface area contributed by atoms with Gasteiger partial charge >= 0.3 is 0 Å². The van der Waals surface area contributed by atoms with Crippen molar-refractivity contribution in [2.24, 2.45) is 0 Å². The standard InChI is InChI=1S/C12H12N4/c13-6-2-4-8-16-9-12(15-10-16)11-5-1-3-7-14-11/h1,3,5,7,9-10H,2,4,8H2. The highest BCUT2D eigenvalue weighted by molar-refractivity contribution is 5.52. The number of hydrogen-bond acceptors (Lipinski definition) is 3. The molecule has 0 bridgehead atoms. The minimum atomic E-state index is 0.580. The molecule has 2 aromatic rings. The molecule has 0 aliphatic rings. The molecule has 0 amide bonds. The Hall–Kier alpha value is -2.15. The highest BCUT2D eigenvalue weighted by Gasteiger charge is 2.01. The van der Waals surface area contributed by atoms with Crippen LogP contribution < -0.4 is 0 Å². The van der Waals surface area contributed by atoms with E-state index in [1.165, 1.54) is 0 Å². The summed E-state index contributed by atoms with van der Waals surface area (Å²) < 4.78 is 1.99. The van der Waals surface area contributed by atoms with Gasteiger partial charge in [0.05, 0.1) is 18.1 Å². The van der Waals surface area contributed by atoms with Gasteiger partial charge in [0.25, 0.3) is 0 Å². The molecule has 0 spiro atoms. The van der Waals surface area contributed by atoms with Crippen molar-refractivity contribution >= 4 is 0 Å². The Bertz CT molecular complexity index is 481. The molecule has 0 atom stereocenters. The van der Waals surface area contributed by atoms with Crippen LogP contribution in [0.25, 0.3) is 11.4 Å². The molecular weight excluding hydrogens is 200 g/mol. The fraction of sp³-hybridized carbons (Fsp3) is 0.250. The molecule has 2 aromatic heterocycles. The maximum atomic E-state index is 8.44. The fourth-order valence-corrected chi connectivity index (χ4v) is 1.47. The quantitative estimate of drug-likeness (QED) is 0.730. The highest BCUT2D eigenvalue weighted by atomic mass is 15.0. The van der Waals surface area contributed by atoms with Crippen molar-refractivity contribution in [2.45, 2.75) is 19.4 Å². The topological polar surface area (TPSA) is 54.5 Å². The second kappa shape index (κ2) is 5.08. The van der Waals surface area contributed by atoms with Gasteiger partial charge in [-0.15, -0.1) is 0 Å². The van der Waals surface area contributed by atoms with Crippen LogP contribution in [-0.4, -0.2) is 14.5 Å². The van der Waals surface area contributed by atoms with E-state index in [1.54, 1.807) is 12.5 Å². The predicted molar refractivity (Wildman–Crippen MR) is 60.3 cm³/mol. The van der Waals surface area contributed by atoms with Gasteiger partial charge in [-0.05, 0) is 18.6 Å². The summed E-state index contributed by atoms with van der Waals surface area (Å²) in [7, 11) is 0. The molecule has 0 aromatic carbocycles. The first-order valence-electron chi connectivity index (χ1n) is 5.20. The Morgan fingerprint density at radius 3 is 2.94 bits per heavy atom. The molecule has 0 saturated carbocycles. The predicted octanol–water partition coefficient (Wildman–Crippen LogP) is 2.25. The summed E-state index contributed by atoms with van der Waals surface area (Å²) in [5.74, 6) is 0. The lowest BCUT2D eigenvalue weighted by atomic mass is 10.3. The Kier molecular flexibility index (Phi) is 3.29. The van der Waals surface area contributed by atoms with E-state index in [0.29, 0.717) is 6.42 Å². The molecule has 0 aliphatic heterocycles. The lowest BCUT2D eigenvalue weighted by Crippen LogP contribution is -1.93. The molecule has 0 fully saturated rings. The SMILES string of the molecule is N#CCCCn1cnc(-c2ccccn2)c1. The summed E-state index contributed by atoms with van der Waals surface area (Å²) in [4.78, 5) is 8.51. The van der Waals surface area contributed by atoms with Crippen LogP contribution in [0.15, 0.2) is 36.9 Å². The summed E-state index contributed by atoms with van der Waals surface area (Å²) in [5, 5.41) is 8.44. The van der Waals surface area contributed by atoms with Gasteiger partial charge in [0.15, 0.2) is 0 Å². The van der Waals surface area contributed by atoms with E-state index < -0.39 is 0 Å². The molecule has 2 heterocycles. The first-order chi connectivity index (χ1) is 7.90. The molecule has 2 rings (SSSR count). The lowest BCUT2D eigenvalue weighted by Gasteiger charge is -1.97. The van der Waals surface area contributed by atoms with Crippen LogP contribution >= 0.6 is 0 Å². The van der Waals surface area contributed by atoms with Crippen LogP contribution in [-0.2, 0) is 6.54 Å². The van der Waals surface area contributed by atoms with Gasteiger partial charge in [-0.3, -0.25) is 4.98 Å². The molecule has 16 heavy (non-hydrogen) atoms. The molecule has 0 radical (unpaired) electrons. The molecule has 4 heteroatoms. The number of hydrogen-bond donors (Lipinski definition) is 0. The number of imidazole rings is 1. The van der Waals surface area contributed by atoms with Crippen molar-refractivity contribution in [1.29, 1.82) is 5.26 Å². The van der Waals surface area contributed by atoms with Crippen molar-refractivity contribution < 1.29 is 0 Å². The van der Waals surface area contributed by atoms with Crippen molar-refractivity contribution in [3.63, 3.8) is 0 Å². The summed E-state index contributed by atoms with van der Waals surface area (Å²) in [6.07, 6.45) is 6.93. The van der Waals surface area contributed by atoms with Crippen LogP contribution in [0.3, 0.4) is 0 Å². The molecular formula is C12H12N4. The number of nitriles is 1. The van der Waals surface area contributed by atoms with E-state index >= 15 is 0 Å². The number of pyridine rings is 1. The maximum absolute atomic E-state index is 8.44. The molecule has 0 saturated heterocycles. The van der Waals surface area contributed by atoms with Gasteiger partial charge in [-0.25, -0.2) is 4.98 Å². The van der Waals surface area contributed by atoms with E-state index in [1.807, 2.05) is 29.0 Å². The molecule has 0 aliphatic carbocycles. The van der Waals surface area contributed by atoms with Crippen LogP contribution in [0.2, 0.25) is 0 Å². The monoisotopic (exact) mass is 212 g/mol. The normalized spacial score (nSPS) is 9.94. The Morgan fingerprint density at radius 2 is 2.19 bits per heavy atom. The molecule has 0 unspecified atom stereocenters. The Balaban J connectivity index is 2.06. The zero-order chi connectivity index (χ0) is 11.2. The first-order valence-corrected chi connectivity index (χ1v) is 5.20. The van der Waals surface area contributed by atoms with Gasteiger partial charge in [0.1, 0.15) is 5.69 Å². The molecule has 4 nitrogen and oxygen atoms in total. The summed E-state index contributed by atoms with van der Waals surface area (Å²) in [6.45, 7) is 0.827. The average Bonchev–Trinajstić information content (AvgIpc) is 2.79. The van der Waals surface area contributed by atoms with Crippen molar-refractivity contribution in [1.82, 2.24) is 14.5 Å². The zero-order valence-electron chi connectivity index (χ0n) is 8.87. The molecule has 80 valence electrons. The Morgan fingerprint density at radius 1 is 1.25 bits per heavy atom. The third-order valence-electron chi connectivity index (χ3n) is 2.27. The highest BCUT2D eigenvalue weighted by Crippen LogP contribution is 2.13. The second-order valence-corrected chi connectivity index (χ2v) is 3.47. The number of aromatic nitrogens is 3. The van der Waals surface area contributed by atoms with E-state index in [2.05, 4.69) is 16.0 Å². The largest absolute Gasteiger partial charge is 0.337 e. The zero-order valence-corrected chi connectivity index (χ0v) is 8.87. The van der Waals surface area contributed by atoms with Crippen LogP contribution in [0.4, 0.5) is 0 Å². The number of unbranched alkanes of at least 4 members (excludes halogenated alkanes) is 1. The number of nitrogens with zero attached hydrogens (tertiary/aromatic N) is 4. The maximum Gasteiger partial charge on any atom is 0.107 e. The first kappa shape index (κ1) is 10.4. The van der Waals surface area contributed by atoms with Gasteiger partial charge in [0, 0.05) is 25.4 Å². The van der Waals surface area contributed by atoms with Crippen LogP contribution in [0, 0.1) is 11.3 Å². The number of rotatable bonds is 4. The van der Waals surface area contributed by atoms with E-state index in [0.717, 1.165) is 24.4 Å². The van der Waals surface area contributed by atoms with Gasteiger partial charge in [0.2, 0.25) is 0 Å². The van der Waals surface area contributed by atoms with Crippen LogP contribution in [0.1, 0.15) is 12.8 Å². The summed E-state index contributed by atoms with van der Waals surface area (Å²) in [6, 6.07) is 7.89. The van der Waals surface area contributed by atoms with Gasteiger partial charge in [-0.2, -0.15) is 5.26 Å². The minimum Gasteiger partial charge on any atom is -0.337 e. The van der Waals surface area contributed by atoms with E-state index in [4.69, 9.17) is 5.26 Å². The Labute approximate surface area is 94.2 Å². The fourth-order valence-electron chi connectivity index (χ4n) is 1.47. The average molecular weight is 212 g/mol.